The number of likely N-dealkylation sites (N-methyl/N-ethyl adjacent to an activating group) is 2. The molecular formula is C8H21N3. The fraction of sp³-hybridized carbons (Fsp3) is 1.00. The van der Waals surface area contributed by atoms with Crippen LogP contribution in [0.4, 0.5) is 0 Å². The maximum Gasteiger partial charge on any atom is 0.0455 e. The van der Waals surface area contributed by atoms with Gasteiger partial charge in [-0.05, 0) is 20.1 Å². The molecule has 11 heavy (non-hydrogen) atoms. The molecule has 68 valence electrons. The fourth-order valence-corrected chi connectivity index (χ4v) is 0.849. The summed E-state index contributed by atoms with van der Waals surface area (Å²) in [6, 6.07) is 0. The molecule has 0 aromatic heterocycles. The van der Waals surface area contributed by atoms with Gasteiger partial charge in [0.2, 0.25) is 0 Å². The summed E-state index contributed by atoms with van der Waals surface area (Å²) >= 11 is 0. The molecule has 0 unspecified atom stereocenters. The summed E-state index contributed by atoms with van der Waals surface area (Å²) in [6.45, 7) is 9.33. The number of hydrogen-bond acceptors (Lipinski definition) is 3. The minimum atomic E-state index is 0.675. The van der Waals surface area contributed by atoms with Gasteiger partial charge >= 0.3 is 0 Å². The minimum absolute atomic E-state index is 0.675. The molecule has 0 aliphatic heterocycles. The molecule has 0 bridgehead atoms. The number of nitrogens with two attached hydrogens (primary N) is 1. The quantitative estimate of drug-likeness (QED) is 0.561. The summed E-state index contributed by atoms with van der Waals surface area (Å²) in [5.41, 5.74) is 5.52. The Labute approximate surface area is 70.2 Å². The van der Waals surface area contributed by atoms with Gasteiger partial charge in [-0.15, -0.1) is 0 Å². The predicted octanol–water partition coefficient (Wildman–Crippen LogP) is 0.176. The highest BCUT2D eigenvalue weighted by atomic mass is 15.2. The molecule has 0 saturated heterocycles. The maximum atomic E-state index is 5.52. The van der Waals surface area contributed by atoms with E-state index in [1.807, 2.05) is 0 Å². The van der Waals surface area contributed by atoms with Crippen molar-refractivity contribution >= 4 is 0 Å². The van der Waals surface area contributed by atoms with E-state index in [0.29, 0.717) is 6.67 Å². The van der Waals surface area contributed by atoms with Crippen LogP contribution in [0.5, 0.6) is 0 Å². The van der Waals surface area contributed by atoms with Gasteiger partial charge in [0.25, 0.3) is 0 Å². The van der Waals surface area contributed by atoms with Crippen molar-refractivity contribution in [3.63, 3.8) is 0 Å². The Bertz CT molecular complexity index is 81.4. The first-order chi connectivity index (χ1) is 5.24. The molecule has 0 spiro atoms. The van der Waals surface area contributed by atoms with Crippen LogP contribution in [0.15, 0.2) is 0 Å². The Balaban J connectivity index is 3.34. The van der Waals surface area contributed by atoms with Gasteiger partial charge in [0.15, 0.2) is 0 Å². The summed E-state index contributed by atoms with van der Waals surface area (Å²) < 4.78 is 0. The molecule has 3 nitrogen and oxygen atoms in total. The third-order valence-electron chi connectivity index (χ3n) is 2.04. The molecule has 0 heterocycles. The molecule has 0 rings (SSSR count). The standard InChI is InChI=1S/C8H21N3/c1-4-10(3)6-7-11(5-2)8-9/h4-9H2,1-3H3. The van der Waals surface area contributed by atoms with Crippen molar-refractivity contribution in [2.24, 2.45) is 5.73 Å². The summed E-state index contributed by atoms with van der Waals surface area (Å²) in [6.07, 6.45) is 0. The molecule has 0 atom stereocenters. The smallest absolute Gasteiger partial charge is 0.0455 e. The Morgan fingerprint density at radius 1 is 1.09 bits per heavy atom. The van der Waals surface area contributed by atoms with E-state index in [-0.39, 0.29) is 0 Å². The van der Waals surface area contributed by atoms with Gasteiger partial charge in [0, 0.05) is 19.8 Å². The second kappa shape index (κ2) is 6.58. The summed E-state index contributed by atoms with van der Waals surface area (Å²) in [5, 5.41) is 0. The van der Waals surface area contributed by atoms with E-state index in [2.05, 4.69) is 30.7 Å². The Morgan fingerprint density at radius 3 is 2.09 bits per heavy atom. The van der Waals surface area contributed by atoms with Crippen LogP contribution in [0.1, 0.15) is 13.8 Å². The second-order valence-electron chi connectivity index (χ2n) is 2.79. The molecule has 0 aromatic carbocycles. The zero-order valence-electron chi connectivity index (χ0n) is 8.01. The van der Waals surface area contributed by atoms with Gasteiger partial charge < -0.3 is 10.6 Å². The first-order valence-electron chi connectivity index (χ1n) is 4.35. The Hall–Kier alpha value is -0.120. The summed E-state index contributed by atoms with van der Waals surface area (Å²) in [4.78, 5) is 4.52. The first-order valence-corrected chi connectivity index (χ1v) is 4.35. The Kier molecular flexibility index (Phi) is 6.51. The van der Waals surface area contributed by atoms with Crippen LogP contribution in [0.2, 0.25) is 0 Å². The highest BCUT2D eigenvalue weighted by Crippen LogP contribution is 1.86. The summed E-state index contributed by atoms with van der Waals surface area (Å²) in [7, 11) is 2.13. The van der Waals surface area contributed by atoms with Crippen molar-refractivity contribution in [3.05, 3.63) is 0 Å². The lowest BCUT2D eigenvalue weighted by atomic mass is 10.4. The van der Waals surface area contributed by atoms with E-state index in [1.54, 1.807) is 0 Å². The SMILES string of the molecule is CCN(C)CCN(CC)CN. The summed E-state index contributed by atoms with van der Waals surface area (Å²) in [5.74, 6) is 0. The van der Waals surface area contributed by atoms with Gasteiger partial charge in [-0.1, -0.05) is 13.8 Å². The normalized spacial score (nSPS) is 11.5. The molecule has 0 radical (unpaired) electrons. The zero-order chi connectivity index (χ0) is 8.69. The Morgan fingerprint density at radius 2 is 1.73 bits per heavy atom. The van der Waals surface area contributed by atoms with Crippen LogP contribution in [0.25, 0.3) is 0 Å². The van der Waals surface area contributed by atoms with E-state index in [1.165, 1.54) is 0 Å². The highest BCUT2D eigenvalue weighted by molar-refractivity contribution is 4.55. The highest BCUT2D eigenvalue weighted by Gasteiger charge is 1.99. The molecule has 0 aliphatic carbocycles. The van der Waals surface area contributed by atoms with Crippen molar-refractivity contribution in [2.45, 2.75) is 13.8 Å². The van der Waals surface area contributed by atoms with Crippen LogP contribution in [0, 0.1) is 0 Å². The molecule has 0 amide bonds. The first kappa shape index (κ1) is 10.9. The van der Waals surface area contributed by atoms with Crippen LogP contribution < -0.4 is 5.73 Å². The third-order valence-corrected chi connectivity index (χ3v) is 2.04. The van der Waals surface area contributed by atoms with Crippen LogP contribution in [-0.2, 0) is 0 Å². The van der Waals surface area contributed by atoms with Crippen molar-refractivity contribution < 1.29 is 0 Å². The van der Waals surface area contributed by atoms with E-state index in [0.717, 1.165) is 26.2 Å². The van der Waals surface area contributed by atoms with Gasteiger partial charge in [-0.25, -0.2) is 0 Å². The lowest BCUT2D eigenvalue weighted by molar-refractivity contribution is 0.242. The molecule has 0 aliphatic rings. The zero-order valence-corrected chi connectivity index (χ0v) is 8.01. The third kappa shape index (κ3) is 5.18. The monoisotopic (exact) mass is 159 g/mol. The van der Waals surface area contributed by atoms with E-state index in [9.17, 15) is 0 Å². The van der Waals surface area contributed by atoms with Crippen LogP contribution in [-0.4, -0.2) is 49.7 Å². The van der Waals surface area contributed by atoms with Crippen molar-refractivity contribution in [2.75, 3.05) is 39.9 Å². The van der Waals surface area contributed by atoms with Gasteiger partial charge in [0.05, 0.1) is 0 Å². The second-order valence-corrected chi connectivity index (χ2v) is 2.79. The van der Waals surface area contributed by atoms with Crippen LogP contribution in [0.3, 0.4) is 0 Å². The van der Waals surface area contributed by atoms with Gasteiger partial charge in [-0.2, -0.15) is 0 Å². The topological polar surface area (TPSA) is 32.5 Å². The average molecular weight is 159 g/mol. The number of hydrogen-bond donors (Lipinski definition) is 1. The average Bonchev–Trinajstić information content (AvgIpc) is 2.06. The fourth-order valence-electron chi connectivity index (χ4n) is 0.849. The van der Waals surface area contributed by atoms with Crippen molar-refractivity contribution in [1.82, 2.24) is 9.80 Å². The van der Waals surface area contributed by atoms with E-state index >= 15 is 0 Å². The lowest BCUT2D eigenvalue weighted by Gasteiger charge is -2.21. The number of rotatable bonds is 6. The van der Waals surface area contributed by atoms with Gasteiger partial charge in [-0.3, -0.25) is 4.90 Å². The van der Waals surface area contributed by atoms with Crippen molar-refractivity contribution in [1.29, 1.82) is 0 Å². The molecule has 0 fully saturated rings. The minimum Gasteiger partial charge on any atom is -0.318 e. The van der Waals surface area contributed by atoms with Crippen LogP contribution >= 0.6 is 0 Å². The molecular weight excluding hydrogens is 138 g/mol. The molecule has 0 saturated carbocycles. The lowest BCUT2D eigenvalue weighted by Crippen LogP contribution is -2.36. The maximum absolute atomic E-state index is 5.52. The van der Waals surface area contributed by atoms with E-state index in [4.69, 9.17) is 5.73 Å². The van der Waals surface area contributed by atoms with Crippen molar-refractivity contribution in [3.8, 4) is 0 Å². The molecule has 2 N–H and O–H groups in total. The van der Waals surface area contributed by atoms with E-state index < -0.39 is 0 Å². The largest absolute Gasteiger partial charge is 0.318 e. The molecule has 0 aromatic rings. The van der Waals surface area contributed by atoms with Gasteiger partial charge in [0.1, 0.15) is 0 Å². The molecule has 3 heteroatoms. The predicted molar refractivity (Wildman–Crippen MR) is 49.5 cm³/mol. The number of nitrogens with zero attached hydrogens (tertiary/aromatic N) is 2.